The number of methoxy groups -OCH3 is 1. The van der Waals surface area contributed by atoms with E-state index in [0.717, 1.165) is 5.69 Å². The predicted molar refractivity (Wildman–Crippen MR) is 98.3 cm³/mol. The van der Waals surface area contributed by atoms with E-state index in [1.54, 1.807) is 19.5 Å². The summed E-state index contributed by atoms with van der Waals surface area (Å²) in [6.45, 7) is 1.84. The summed E-state index contributed by atoms with van der Waals surface area (Å²) in [7, 11) is 1.59. The Hall–Kier alpha value is -2.80. The van der Waals surface area contributed by atoms with Gasteiger partial charge in [-0.15, -0.1) is 10.2 Å². The van der Waals surface area contributed by atoms with E-state index in [4.69, 9.17) is 4.74 Å². The molecule has 1 atom stereocenters. The lowest BCUT2D eigenvalue weighted by atomic mass is 10.3. The summed E-state index contributed by atoms with van der Waals surface area (Å²) in [5, 5.41) is 11.3. The minimum atomic E-state index is -0.335. The normalized spacial score (nSPS) is 11.8. The largest absolute Gasteiger partial charge is 0.497 e. The van der Waals surface area contributed by atoms with Crippen molar-refractivity contribution in [3.8, 4) is 11.4 Å². The van der Waals surface area contributed by atoms with Crippen molar-refractivity contribution < 1.29 is 9.53 Å². The molecular formula is C18H18N4O2S. The Morgan fingerprint density at radius 1 is 1.20 bits per heavy atom. The Morgan fingerprint density at radius 2 is 2.00 bits per heavy atom. The highest BCUT2D eigenvalue weighted by molar-refractivity contribution is 8.00. The van der Waals surface area contributed by atoms with Crippen LogP contribution in [0.3, 0.4) is 0 Å². The van der Waals surface area contributed by atoms with E-state index in [0.29, 0.717) is 16.6 Å². The van der Waals surface area contributed by atoms with Gasteiger partial charge in [0.05, 0.1) is 12.4 Å². The van der Waals surface area contributed by atoms with Crippen LogP contribution in [-0.4, -0.2) is 33.0 Å². The van der Waals surface area contributed by atoms with Gasteiger partial charge >= 0.3 is 0 Å². The zero-order valence-corrected chi connectivity index (χ0v) is 14.7. The number of anilines is 1. The number of hydrogen-bond donors (Lipinski definition) is 1. The fourth-order valence-corrected chi connectivity index (χ4v) is 3.07. The van der Waals surface area contributed by atoms with Gasteiger partial charge in [-0.2, -0.15) is 0 Å². The summed E-state index contributed by atoms with van der Waals surface area (Å²) >= 11 is 1.36. The molecule has 0 fully saturated rings. The maximum atomic E-state index is 12.5. The molecule has 0 bridgehead atoms. The molecule has 1 heterocycles. The number of aromatic nitrogens is 3. The number of nitrogens with one attached hydrogen (secondary N) is 1. The average Bonchev–Trinajstić information content (AvgIpc) is 3.10. The Bertz CT molecular complexity index is 851. The molecule has 1 aromatic heterocycles. The molecule has 1 amide bonds. The van der Waals surface area contributed by atoms with Crippen molar-refractivity contribution in [3.63, 3.8) is 0 Å². The van der Waals surface area contributed by atoms with Crippen LogP contribution in [0.15, 0.2) is 66.1 Å². The predicted octanol–water partition coefficient (Wildman–Crippen LogP) is 3.40. The maximum absolute atomic E-state index is 12.5. The van der Waals surface area contributed by atoms with E-state index in [-0.39, 0.29) is 11.2 Å². The molecule has 2 aromatic carbocycles. The van der Waals surface area contributed by atoms with Gasteiger partial charge in [-0.05, 0) is 31.2 Å². The zero-order chi connectivity index (χ0) is 17.6. The van der Waals surface area contributed by atoms with E-state index in [1.165, 1.54) is 11.8 Å². The summed E-state index contributed by atoms with van der Waals surface area (Å²) < 4.78 is 7.03. The van der Waals surface area contributed by atoms with Crippen molar-refractivity contribution in [1.82, 2.24) is 14.8 Å². The van der Waals surface area contributed by atoms with Crippen molar-refractivity contribution >= 4 is 23.4 Å². The topological polar surface area (TPSA) is 69.0 Å². The molecule has 0 spiro atoms. The molecule has 6 nitrogen and oxygen atoms in total. The number of nitrogens with zero attached hydrogens (tertiary/aromatic N) is 3. The molecular weight excluding hydrogens is 336 g/mol. The van der Waals surface area contributed by atoms with Crippen LogP contribution in [0.1, 0.15) is 6.92 Å². The first-order valence-electron chi connectivity index (χ1n) is 7.74. The molecule has 0 radical (unpaired) electrons. The van der Waals surface area contributed by atoms with Crippen LogP contribution < -0.4 is 10.1 Å². The van der Waals surface area contributed by atoms with E-state index < -0.39 is 0 Å². The molecule has 0 saturated heterocycles. The second-order valence-electron chi connectivity index (χ2n) is 5.30. The summed E-state index contributed by atoms with van der Waals surface area (Å²) in [6.07, 6.45) is 1.64. The van der Waals surface area contributed by atoms with Gasteiger partial charge in [0, 0.05) is 17.4 Å². The van der Waals surface area contributed by atoms with Crippen LogP contribution in [0.5, 0.6) is 5.75 Å². The number of carbonyl (C=O) groups excluding carboxylic acids is 1. The standard InChI is InChI=1S/C18H18N4O2S/c1-13(17(23)20-14-7-6-10-16(11-14)24-2)25-18-21-19-12-22(18)15-8-4-3-5-9-15/h3-13H,1-2H3,(H,20,23)/t13-/m1/s1. The lowest BCUT2D eigenvalue weighted by molar-refractivity contribution is -0.115. The zero-order valence-electron chi connectivity index (χ0n) is 13.9. The first kappa shape index (κ1) is 17.0. The highest BCUT2D eigenvalue weighted by Crippen LogP contribution is 2.25. The minimum absolute atomic E-state index is 0.110. The van der Waals surface area contributed by atoms with Gasteiger partial charge in [0.1, 0.15) is 12.1 Å². The SMILES string of the molecule is COc1cccc(NC(=O)[C@@H](C)Sc2nncn2-c2ccccc2)c1. The Labute approximate surface area is 150 Å². The van der Waals surface area contributed by atoms with Crippen LogP contribution in [0.2, 0.25) is 0 Å². The van der Waals surface area contributed by atoms with E-state index in [2.05, 4.69) is 15.5 Å². The third kappa shape index (κ3) is 4.19. The first-order valence-corrected chi connectivity index (χ1v) is 8.62. The molecule has 25 heavy (non-hydrogen) atoms. The van der Waals surface area contributed by atoms with Gasteiger partial charge < -0.3 is 10.1 Å². The smallest absolute Gasteiger partial charge is 0.237 e. The molecule has 1 N–H and O–H groups in total. The number of thioether (sulfide) groups is 1. The molecule has 128 valence electrons. The molecule has 3 rings (SSSR count). The van der Waals surface area contributed by atoms with Crippen molar-refractivity contribution in [2.45, 2.75) is 17.3 Å². The molecule has 0 unspecified atom stereocenters. The van der Waals surface area contributed by atoms with Gasteiger partial charge in [0.25, 0.3) is 0 Å². The van der Waals surface area contributed by atoms with E-state index in [1.807, 2.05) is 60.0 Å². The van der Waals surface area contributed by atoms with Crippen LogP contribution in [0, 0.1) is 0 Å². The van der Waals surface area contributed by atoms with Gasteiger partial charge in [-0.3, -0.25) is 9.36 Å². The van der Waals surface area contributed by atoms with Gasteiger partial charge in [-0.1, -0.05) is 36.0 Å². The van der Waals surface area contributed by atoms with Crippen molar-refractivity contribution in [1.29, 1.82) is 0 Å². The summed E-state index contributed by atoms with van der Waals surface area (Å²) in [5.41, 5.74) is 1.65. The first-order chi connectivity index (χ1) is 12.2. The molecule has 3 aromatic rings. The molecule has 0 aliphatic heterocycles. The van der Waals surface area contributed by atoms with Crippen molar-refractivity contribution in [3.05, 3.63) is 60.9 Å². The third-order valence-electron chi connectivity index (χ3n) is 3.54. The monoisotopic (exact) mass is 354 g/mol. The molecule has 0 aliphatic carbocycles. The second kappa shape index (κ2) is 7.85. The molecule has 7 heteroatoms. The number of ether oxygens (including phenoxy) is 1. The Kier molecular flexibility index (Phi) is 5.35. The van der Waals surface area contributed by atoms with Crippen LogP contribution >= 0.6 is 11.8 Å². The third-order valence-corrected chi connectivity index (χ3v) is 4.60. The van der Waals surface area contributed by atoms with Crippen molar-refractivity contribution in [2.75, 3.05) is 12.4 Å². The van der Waals surface area contributed by atoms with Crippen molar-refractivity contribution in [2.24, 2.45) is 0 Å². The average molecular weight is 354 g/mol. The lowest BCUT2D eigenvalue weighted by Gasteiger charge is -2.13. The van der Waals surface area contributed by atoms with Gasteiger partial charge in [0.15, 0.2) is 5.16 Å². The Morgan fingerprint density at radius 3 is 2.76 bits per heavy atom. The number of hydrogen-bond acceptors (Lipinski definition) is 5. The van der Waals surface area contributed by atoms with E-state index in [9.17, 15) is 4.79 Å². The fourth-order valence-electron chi connectivity index (χ4n) is 2.23. The number of carbonyl (C=O) groups is 1. The number of rotatable bonds is 6. The minimum Gasteiger partial charge on any atom is -0.497 e. The Balaban J connectivity index is 1.69. The van der Waals surface area contributed by atoms with Crippen LogP contribution in [0.4, 0.5) is 5.69 Å². The van der Waals surface area contributed by atoms with Gasteiger partial charge in [0.2, 0.25) is 5.91 Å². The van der Waals surface area contributed by atoms with Crippen LogP contribution in [-0.2, 0) is 4.79 Å². The number of benzene rings is 2. The lowest BCUT2D eigenvalue weighted by Crippen LogP contribution is -2.22. The summed E-state index contributed by atoms with van der Waals surface area (Å²) in [5.74, 6) is 0.586. The molecule has 0 aliphatic rings. The van der Waals surface area contributed by atoms with Gasteiger partial charge in [-0.25, -0.2) is 0 Å². The van der Waals surface area contributed by atoms with E-state index >= 15 is 0 Å². The highest BCUT2D eigenvalue weighted by atomic mass is 32.2. The molecule has 0 saturated carbocycles. The fraction of sp³-hybridized carbons (Fsp3) is 0.167. The second-order valence-corrected chi connectivity index (χ2v) is 6.61. The number of amides is 1. The van der Waals surface area contributed by atoms with Crippen LogP contribution in [0.25, 0.3) is 5.69 Å². The maximum Gasteiger partial charge on any atom is 0.237 e. The number of para-hydroxylation sites is 1. The summed E-state index contributed by atoms with van der Waals surface area (Å²) in [6, 6.07) is 17.0. The highest BCUT2D eigenvalue weighted by Gasteiger charge is 2.18. The quantitative estimate of drug-likeness (QED) is 0.687. The summed E-state index contributed by atoms with van der Waals surface area (Å²) in [4.78, 5) is 12.5.